The highest BCUT2D eigenvalue weighted by atomic mass is 79.9. The number of nitrogens with two attached hydrogens (primary N) is 1. The topological polar surface area (TPSA) is 50.7 Å². The summed E-state index contributed by atoms with van der Waals surface area (Å²) < 4.78 is 0.937. The lowest BCUT2D eigenvalue weighted by molar-refractivity contribution is 0.887. The summed E-state index contributed by atoms with van der Waals surface area (Å²) in [6.45, 7) is 0. The lowest BCUT2D eigenvalue weighted by atomic mass is 9.86. The van der Waals surface area contributed by atoms with Gasteiger partial charge in [-0.3, -0.25) is 0 Å². The van der Waals surface area contributed by atoms with Crippen molar-refractivity contribution in [3.8, 4) is 0 Å². The number of rotatable bonds is 2. The molecular weight excluding hydrogens is 350 g/mol. The van der Waals surface area contributed by atoms with Crippen LogP contribution in [-0.2, 0) is 0 Å². The number of hydrogen-bond donors (Lipinski definition) is 1. The van der Waals surface area contributed by atoms with Crippen molar-refractivity contribution in [3.05, 3.63) is 69.2 Å². The SMILES string of the molecule is NC1=NN=C(c2ccc(Br)cc2Cl)C(c2ccccc2)C1. The van der Waals surface area contributed by atoms with E-state index in [0.29, 0.717) is 17.3 Å². The van der Waals surface area contributed by atoms with Gasteiger partial charge in [-0.1, -0.05) is 63.9 Å². The second-order valence-electron chi connectivity index (χ2n) is 4.87. The summed E-state index contributed by atoms with van der Waals surface area (Å²) in [5.74, 6) is 0.614. The highest BCUT2D eigenvalue weighted by Gasteiger charge is 2.26. The predicted molar refractivity (Wildman–Crippen MR) is 91.1 cm³/mol. The summed E-state index contributed by atoms with van der Waals surface area (Å²) in [6.07, 6.45) is 0.648. The van der Waals surface area contributed by atoms with Gasteiger partial charge in [0.25, 0.3) is 0 Å². The molecule has 1 aliphatic heterocycles. The first-order valence-corrected chi connectivity index (χ1v) is 7.72. The molecule has 3 rings (SSSR count). The quantitative estimate of drug-likeness (QED) is 0.848. The van der Waals surface area contributed by atoms with Crippen molar-refractivity contribution in [2.75, 3.05) is 0 Å². The van der Waals surface area contributed by atoms with E-state index in [1.807, 2.05) is 36.4 Å². The van der Waals surface area contributed by atoms with Crippen LogP contribution in [0.4, 0.5) is 0 Å². The van der Waals surface area contributed by atoms with Crippen molar-refractivity contribution in [3.63, 3.8) is 0 Å². The third-order valence-electron chi connectivity index (χ3n) is 3.44. The normalized spacial score (nSPS) is 18.1. The molecule has 1 unspecified atom stereocenters. The van der Waals surface area contributed by atoms with Gasteiger partial charge < -0.3 is 5.73 Å². The zero-order valence-electron chi connectivity index (χ0n) is 11.1. The minimum atomic E-state index is 0.0716. The van der Waals surface area contributed by atoms with E-state index >= 15 is 0 Å². The summed E-state index contributed by atoms with van der Waals surface area (Å²) in [6, 6.07) is 15.9. The molecule has 0 amide bonds. The van der Waals surface area contributed by atoms with Crippen molar-refractivity contribution in [1.29, 1.82) is 0 Å². The molecule has 0 aliphatic carbocycles. The van der Waals surface area contributed by atoms with Gasteiger partial charge in [0, 0.05) is 22.4 Å². The molecule has 0 saturated carbocycles. The van der Waals surface area contributed by atoms with Crippen LogP contribution in [0.5, 0.6) is 0 Å². The van der Waals surface area contributed by atoms with E-state index < -0.39 is 0 Å². The summed E-state index contributed by atoms with van der Waals surface area (Å²) in [5.41, 5.74) is 8.78. The average Bonchev–Trinajstić information content (AvgIpc) is 2.49. The van der Waals surface area contributed by atoms with Gasteiger partial charge in [-0.15, -0.1) is 5.10 Å². The molecule has 106 valence electrons. The van der Waals surface area contributed by atoms with Crippen LogP contribution in [0.25, 0.3) is 0 Å². The maximum Gasteiger partial charge on any atom is 0.123 e. The van der Waals surface area contributed by atoms with E-state index in [0.717, 1.165) is 21.3 Å². The lowest BCUT2D eigenvalue weighted by Crippen LogP contribution is -2.26. The smallest absolute Gasteiger partial charge is 0.123 e. The molecule has 21 heavy (non-hydrogen) atoms. The first kappa shape index (κ1) is 14.3. The molecule has 2 aromatic carbocycles. The molecule has 1 heterocycles. The molecule has 0 saturated heterocycles. The maximum absolute atomic E-state index is 6.36. The van der Waals surface area contributed by atoms with E-state index in [2.05, 4.69) is 38.3 Å². The van der Waals surface area contributed by atoms with Gasteiger partial charge in [0.15, 0.2) is 0 Å². The fraction of sp³-hybridized carbons (Fsp3) is 0.125. The third kappa shape index (κ3) is 3.01. The first-order valence-electron chi connectivity index (χ1n) is 6.55. The zero-order chi connectivity index (χ0) is 14.8. The minimum Gasteiger partial charge on any atom is -0.386 e. The van der Waals surface area contributed by atoms with Gasteiger partial charge in [-0.2, -0.15) is 5.10 Å². The Morgan fingerprint density at radius 3 is 2.57 bits per heavy atom. The number of hydrogen-bond acceptors (Lipinski definition) is 3. The standard InChI is InChI=1S/C16H13BrClN3/c17-11-6-7-12(14(18)8-11)16-13(9-15(19)20-21-16)10-4-2-1-3-5-10/h1-8,13H,9H2,(H2,19,20). The van der Waals surface area contributed by atoms with E-state index in [-0.39, 0.29) is 5.92 Å². The van der Waals surface area contributed by atoms with Crippen molar-refractivity contribution in [2.45, 2.75) is 12.3 Å². The van der Waals surface area contributed by atoms with Crippen molar-refractivity contribution in [2.24, 2.45) is 15.9 Å². The average molecular weight is 363 g/mol. The summed E-state index contributed by atoms with van der Waals surface area (Å²) in [5, 5.41) is 9.00. The van der Waals surface area contributed by atoms with Crippen LogP contribution < -0.4 is 5.73 Å². The van der Waals surface area contributed by atoms with Crippen LogP contribution in [-0.4, -0.2) is 11.5 Å². The lowest BCUT2D eigenvalue weighted by Gasteiger charge is -2.22. The first-order chi connectivity index (χ1) is 10.1. The Bertz CT molecular complexity index is 726. The number of nitrogens with zero attached hydrogens (tertiary/aromatic N) is 2. The van der Waals surface area contributed by atoms with Gasteiger partial charge in [0.05, 0.1) is 10.7 Å². The number of halogens is 2. The summed E-state index contributed by atoms with van der Waals surface area (Å²) in [7, 11) is 0. The van der Waals surface area contributed by atoms with Gasteiger partial charge in [-0.25, -0.2) is 0 Å². The maximum atomic E-state index is 6.36. The van der Waals surface area contributed by atoms with Crippen LogP contribution in [0.15, 0.2) is 63.2 Å². The Morgan fingerprint density at radius 2 is 1.86 bits per heavy atom. The molecule has 0 aromatic heterocycles. The number of amidine groups is 1. The van der Waals surface area contributed by atoms with Crippen LogP contribution in [0.3, 0.4) is 0 Å². The molecule has 5 heteroatoms. The van der Waals surface area contributed by atoms with Crippen LogP contribution >= 0.6 is 27.5 Å². The fourth-order valence-corrected chi connectivity index (χ4v) is 3.20. The van der Waals surface area contributed by atoms with Gasteiger partial charge >= 0.3 is 0 Å². The molecule has 0 fully saturated rings. The Morgan fingerprint density at radius 1 is 1.10 bits per heavy atom. The number of benzene rings is 2. The highest BCUT2D eigenvalue weighted by Crippen LogP contribution is 2.32. The molecule has 0 spiro atoms. The Kier molecular flexibility index (Phi) is 4.08. The second kappa shape index (κ2) is 6.00. The monoisotopic (exact) mass is 361 g/mol. The van der Waals surface area contributed by atoms with Crippen molar-refractivity contribution in [1.82, 2.24) is 0 Å². The molecular formula is C16H13BrClN3. The molecule has 2 aromatic rings. The summed E-state index contributed by atoms with van der Waals surface area (Å²) in [4.78, 5) is 0. The Labute approximate surface area is 136 Å². The molecule has 0 bridgehead atoms. The Balaban J connectivity index is 2.08. The van der Waals surface area contributed by atoms with E-state index in [9.17, 15) is 0 Å². The molecule has 0 radical (unpaired) electrons. The van der Waals surface area contributed by atoms with Crippen LogP contribution in [0.1, 0.15) is 23.5 Å². The predicted octanol–water partition coefficient (Wildman–Crippen LogP) is 4.35. The van der Waals surface area contributed by atoms with E-state index in [4.69, 9.17) is 17.3 Å². The molecule has 1 atom stereocenters. The Hall–Kier alpha value is -1.65. The van der Waals surface area contributed by atoms with Gasteiger partial charge in [0.1, 0.15) is 5.84 Å². The van der Waals surface area contributed by atoms with Crippen LogP contribution in [0, 0.1) is 0 Å². The molecule has 1 aliphatic rings. The van der Waals surface area contributed by atoms with E-state index in [1.165, 1.54) is 0 Å². The fourth-order valence-electron chi connectivity index (χ4n) is 2.43. The van der Waals surface area contributed by atoms with Crippen molar-refractivity contribution < 1.29 is 0 Å². The minimum absolute atomic E-state index is 0.0716. The summed E-state index contributed by atoms with van der Waals surface area (Å²) >= 11 is 9.78. The van der Waals surface area contributed by atoms with E-state index in [1.54, 1.807) is 0 Å². The van der Waals surface area contributed by atoms with Gasteiger partial charge in [-0.05, 0) is 17.7 Å². The largest absolute Gasteiger partial charge is 0.386 e. The molecule has 2 N–H and O–H groups in total. The van der Waals surface area contributed by atoms with Crippen molar-refractivity contribution >= 4 is 39.1 Å². The van der Waals surface area contributed by atoms with Gasteiger partial charge in [0.2, 0.25) is 0 Å². The zero-order valence-corrected chi connectivity index (χ0v) is 13.5. The molecule has 3 nitrogen and oxygen atoms in total. The highest BCUT2D eigenvalue weighted by molar-refractivity contribution is 9.10. The van der Waals surface area contributed by atoms with Crippen LogP contribution in [0.2, 0.25) is 5.02 Å². The second-order valence-corrected chi connectivity index (χ2v) is 6.19. The third-order valence-corrected chi connectivity index (χ3v) is 4.24.